The topological polar surface area (TPSA) is 70.2 Å². The van der Waals surface area contributed by atoms with E-state index in [0.717, 1.165) is 6.54 Å². The highest BCUT2D eigenvalue weighted by molar-refractivity contribution is 5.91. The Morgan fingerprint density at radius 3 is 2.61 bits per heavy atom. The Hall–Kier alpha value is -2.47. The van der Waals surface area contributed by atoms with Crippen molar-refractivity contribution < 1.29 is 4.79 Å². The molecule has 23 heavy (non-hydrogen) atoms. The van der Waals surface area contributed by atoms with E-state index >= 15 is 0 Å². The standard InChI is InChI=1S/C17H23N5O/c1-13-6-4-5-7-14(13)10-20-16-12-19-15(11-21-16)17(23)18-8-9-22(2)3/h4-7,11-12H,8-10H2,1-3H3,(H,18,23)(H,20,21). The van der Waals surface area contributed by atoms with E-state index in [9.17, 15) is 4.79 Å². The Bertz CT molecular complexity index is 640. The van der Waals surface area contributed by atoms with Gasteiger partial charge in [-0.25, -0.2) is 9.97 Å². The highest BCUT2D eigenvalue weighted by atomic mass is 16.1. The number of carbonyl (C=O) groups excluding carboxylic acids is 1. The summed E-state index contributed by atoms with van der Waals surface area (Å²) in [4.78, 5) is 22.3. The molecule has 1 aromatic heterocycles. The summed E-state index contributed by atoms with van der Waals surface area (Å²) in [7, 11) is 3.92. The molecule has 0 saturated carbocycles. The van der Waals surface area contributed by atoms with Crippen LogP contribution in [0.15, 0.2) is 36.7 Å². The molecule has 0 fully saturated rings. The number of benzene rings is 1. The van der Waals surface area contributed by atoms with Gasteiger partial charge < -0.3 is 15.5 Å². The number of carbonyl (C=O) groups is 1. The van der Waals surface area contributed by atoms with Crippen LogP contribution in [-0.2, 0) is 6.54 Å². The van der Waals surface area contributed by atoms with Crippen LogP contribution in [0.4, 0.5) is 5.82 Å². The van der Waals surface area contributed by atoms with Gasteiger partial charge in [0.25, 0.3) is 5.91 Å². The zero-order chi connectivity index (χ0) is 16.7. The number of anilines is 1. The van der Waals surface area contributed by atoms with Crippen LogP contribution in [0.2, 0.25) is 0 Å². The Morgan fingerprint density at radius 2 is 1.96 bits per heavy atom. The summed E-state index contributed by atoms with van der Waals surface area (Å²) >= 11 is 0. The molecule has 0 aliphatic rings. The molecule has 0 unspecified atom stereocenters. The number of likely N-dealkylation sites (N-methyl/N-ethyl adjacent to an activating group) is 1. The van der Waals surface area contributed by atoms with Gasteiger partial charge in [0.05, 0.1) is 12.4 Å². The maximum atomic E-state index is 11.9. The Morgan fingerprint density at radius 1 is 1.17 bits per heavy atom. The van der Waals surface area contributed by atoms with Gasteiger partial charge in [-0.1, -0.05) is 24.3 Å². The summed E-state index contributed by atoms with van der Waals surface area (Å²) in [6.07, 6.45) is 3.07. The van der Waals surface area contributed by atoms with Crippen molar-refractivity contribution in [2.45, 2.75) is 13.5 Å². The number of nitrogens with zero attached hydrogens (tertiary/aromatic N) is 3. The van der Waals surface area contributed by atoms with Crippen LogP contribution in [0.1, 0.15) is 21.6 Å². The average Bonchev–Trinajstić information content (AvgIpc) is 2.54. The highest BCUT2D eigenvalue weighted by Gasteiger charge is 2.07. The largest absolute Gasteiger partial charge is 0.365 e. The first kappa shape index (κ1) is 16.9. The summed E-state index contributed by atoms with van der Waals surface area (Å²) < 4.78 is 0. The van der Waals surface area contributed by atoms with Gasteiger partial charge in [0.15, 0.2) is 0 Å². The minimum absolute atomic E-state index is 0.204. The third-order valence-electron chi connectivity index (χ3n) is 3.45. The minimum atomic E-state index is -0.204. The lowest BCUT2D eigenvalue weighted by molar-refractivity contribution is 0.0945. The molecular weight excluding hydrogens is 290 g/mol. The average molecular weight is 313 g/mol. The van der Waals surface area contributed by atoms with Gasteiger partial charge in [0, 0.05) is 19.6 Å². The van der Waals surface area contributed by atoms with Crippen molar-refractivity contribution in [3.8, 4) is 0 Å². The number of aryl methyl sites for hydroxylation is 1. The molecule has 0 radical (unpaired) electrons. The van der Waals surface area contributed by atoms with Crippen LogP contribution in [0.3, 0.4) is 0 Å². The van der Waals surface area contributed by atoms with Crippen molar-refractivity contribution in [3.63, 3.8) is 0 Å². The fourth-order valence-electron chi connectivity index (χ4n) is 2.01. The number of hydrogen-bond acceptors (Lipinski definition) is 5. The van der Waals surface area contributed by atoms with Crippen molar-refractivity contribution in [1.82, 2.24) is 20.2 Å². The molecular formula is C17H23N5O. The summed E-state index contributed by atoms with van der Waals surface area (Å²) in [6.45, 7) is 4.12. The van der Waals surface area contributed by atoms with E-state index in [1.54, 1.807) is 6.20 Å². The van der Waals surface area contributed by atoms with Gasteiger partial charge in [0.2, 0.25) is 0 Å². The monoisotopic (exact) mass is 313 g/mol. The zero-order valence-corrected chi connectivity index (χ0v) is 13.8. The third-order valence-corrected chi connectivity index (χ3v) is 3.45. The zero-order valence-electron chi connectivity index (χ0n) is 13.8. The van der Waals surface area contributed by atoms with Crippen LogP contribution in [0.5, 0.6) is 0 Å². The Balaban J connectivity index is 1.87. The summed E-state index contributed by atoms with van der Waals surface area (Å²) in [6, 6.07) is 8.17. The van der Waals surface area contributed by atoms with E-state index in [0.29, 0.717) is 24.6 Å². The van der Waals surface area contributed by atoms with E-state index in [4.69, 9.17) is 0 Å². The van der Waals surface area contributed by atoms with Crippen LogP contribution in [-0.4, -0.2) is 48.0 Å². The molecule has 1 amide bonds. The van der Waals surface area contributed by atoms with E-state index in [1.165, 1.54) is 17.3 Å². The predicted molar refractivity (Wildman–Crippen MR) is 91.4 cm³/mol. The smallest absolute Gasteiger partial charge is 0.271 e. The molecule has 0 atom stereocenters. The van der Waals surface area contributed by atoms with Crippen molar-refractivity contribution in [3.05, 3.63) is 53.5 Å². The second kappa shape index (κ2) is 8.24. The van der Waals surface area contributed by atoms with Crippen LogP contribution in [0, 0.1) is 6.92 Å². The van der Waals surface area contributed by atoms with Crippen LogP contribution in [0.25, 0.3) is 0 Å². The first-order valence-corrected chi connectivity index (χ1v) is 7.59. The molecule has 6 nitrogen and oxygen atoms in total. The SMILES string of the molecule is Cc1ccccc1CNc1cnc(C(=O)NCCN(C)C)cn1. The van der Waals surface area contributed by atoms with E-state index < -0.39 is 0 Å². The van der Waals surface area contributed by atoms with Crippen LogP contribution < -0.4 is 10.6 Å². The van der Waals surface area contributed by atoms with Gasteiger partial charge in [-0.15, -0.1) is 0 Å². The van der Waals surface area contributed by atoms with E-state index in [2.05, 4.69) is 39.7 Å². The normalized spacial score (nSPS) is 10.6. The van der Waals surface area contributed by atoms with Crippen molar-refractivity contribution in [2.24, 2.45) is 0 Å². The van der Waals surface area contributed by atoms with Gasteiger partial charge in [-0.05, 0) is 32.1 Å². The second-order valence-electron chi connectivity index (χ2n) is 5.63. The molecule has 0 aliphatic carbocycles. The molecule has 6 heteroatoms. The lowest BCUT2D eigenvalue weighted by atomic mass is 10.1. The van der Waals surface area contributed by atoms with Gasteiger partial charge in [0.1, 0.15) is 11.5 Å². The van der Waals surface area contributed by atoms with Crippen molar-refractivity contribution in [1.29, 1.82) is 0 Å². The molecule has 2 rings (SSSR count). The first-order valence-electron chi connectivity index (χ1n) is 7.59. The van der Waals surface area contributed by atoms with Crippen molar-refractivity contribution >= 4 is 11.7 Å². The summed E-state index contributed by atoms with van der Waals surface area (Å²) in [5, 5.41) is 6.03. The molecule has 1 aromatic carbocycles. The molecule has 0 spiro atoms. The Kier molecular flexibility index (Phi) is 6.05. The fourth-order valence-corrected chi connectivity index (χ4v) is 2.01. The predicted octanol–water partition coefficient (Wildman–Crippen LogP) is 1.69. The highest BCUT2D eigenvalue weighted by Crippen LogP contribution is 2.09. The fraction of sp³-hybridized carbons (Fsp3) is 0.353. The number of aromatic nitrogens is 2. The van der Waals surface area contributed by atoms with Gasteiger partial charge >= 0.3 is 0 Å². The lowest BCUT2D eigenvalue weighted by Gasteiger charge is -2.10. The van der Waals surface area contributed by atoms with Crippen LogP contribution >= 0.6 is 0 Å². The van der Waals surface area contributed by atoms with Gasteiger partial charge in [-0.3, -0.25) is 4.79 Å². The van der Waals surface area contributed by atoms with E-state index in [1.807, 2.05) is 31.1 Å². The third kappa shape index (κ3) is 5.34. The summed E-state index contributed by atoms with van der Waals surface area (Å²) in [5.74, 6) is 0.447. The molecule has 1 heterocycles. The maximum absolute atomic E-state index is 11.9. The quantitative estimate of drug-likeness (QED) is 0.814. The molecule has 0 bridgehead atoms. The molecule has 122 valence electrons. The maximum Gasteiger partial charge on any atom is 0.271 e. The number of hydrogen-bond donors (Lipinski definition) is 2. The molecule has 2 aromatic rings. The number of nitrogens with one attached hydrogen (secondary N) is 2. The van der Waals surface area contributed by atoms with E-state index in [-0.39, 0.29) is 5.91 Å². The number of amides is 1. The second-order valence-corrected chi connectivity index (χ2v) is 5.63. The summed E-state index contributed by atoms with van der Waals surface area (Å²) in [5.41, 5.74) is 2.76. The molecule has 0 saturated heterocycles. The molecule has 2 N–H and O–H groups in total. The molecule has 0 aliphatic heterocycles. The Labute approximate surface area is 137 Å². The number of rotatable bonds is 7. The first-order chi connectivity index (χ1) is 11.1. The minimum Gasteiger partial charge on any atom is -0.365 e. The van der Waals surface area contributed by atoms with Gasteiger partial charge in [-0.2, -0.15) is 0 Å². The lowest BCUT2D eigenvalue weighted by Crippen LogP contribution is -2.31. The van der Waals surface area contributed by atoms with Crippen molar-refractivity contribution in [2.75, 3.05) is 32.5 Å².